The Labute approximate surface area is 120 Å². The van der Waals surface area contributed by atoms with Gasteiger partial charge in [-0.2, -0.15) is 0 Å². The average Bonchev–Trinajstić information content (AvgIpc) is 2.40. The number of nitrogens with one attached hydrogen (secondary N) is 1. The Bertz CT molecular complexity index is 666. The normalized spacial score (nSPS) is 11.3. The lowest BCUT2D eigenvalue weighted by molar-refractivity contribution is 0.838. The molecule has 1 heterocycles. The maximum absolute atomic E-state index is 12.7. The minimum Gasteiger partial charge on any atom is -0.372 e. The van der Waals surface area contributed by atoms with E-state index in [9.17, 15) is 4.79 Å². The Morgan fingerprint density at radius 2 is 1.85 bits per heavy atom. The van der Waals surface area contributed by atoms with Gasteiger partial charge in [-0.25, -0.2) is 0 Å². The largest absolute Gasteiger partial charge is 0.372 e. The van der Waals surface area contributed by atoms with Crippen LogP contribution in [0.4, 0.5) is 5.69 Å². The summed E-state index contributed by atoms with van der Waals surface area (Å²) in [6.45, 7) is 12.3. The molecule has 2 aromatic rings. The van der Waals surface area contributed by atoms with Gasteiger partial charge < -0.3 is 9.88 Å². The highest BCUT2D eigenvalue weighted by molar-refractivity contribution is 5.83. The Morgan fingerprint density at radius 1 is 1.20 bits per heavy atom. The van der Waals surface area contributed by atoms with Crippen LogP contribution in [0.2, 0.25) is 0 Å². The van der Waals surface area contributed by atoms with Crippen LogP contribution < -0.4 is 10.3 Å². The summed E-state index contributed by atoms with van der Waals surface area (Å²) in [4.78, 5) is 18.3. The molecule has 1 N–H and O–H groups in total. The average molecular weight is 272 g/mol. The van der Waals surface area contributed by atoms with E-state index in [1.54, 1.807) is 0 Å². The second-order valence-corrected chi connectivity index (χ2v) is 5.55. The third kappa shape index (κ3) is 2.45. The van der Waals surface area contributed by atoms with E-state index in [1.165, 1.54) is 0 Å². The van der Waals surface area contributed by atoms with Gasteiger partial charge in [-0.15, -0.1) is 0 Å². The molecule has 0 unspecified atom stereocenters. The van der Waals surface area contributed by atoms with Gasteiger partial charge in [0, 0.05) is 40.9 Å². The molecule has 0 aliphatic carbocycles. The summed E-state index contributed by atoms with van der Waals surface area (Å²) in [6, 6.07) is 6.12. The fourth-order valence-electron chi connectivity index (χ4n) is 2.89. The number of benzene rings is 1. The Morgan fingerprint density at radius 3 is 2.40 bits per heavy atom. The molecule has 0 radical (unpaired) electrons. The summed E-state index contributed by atoms with van der Waals surface area (Å²) in [5, 5.41) is 0.795. The van der Waals surface area contributed by atoms with Crippen LogP contribution in [0.1, 0.15) is 44.9 Å². The van der Waals surface area contributed by atoms with Crippen molar-refractivity contribution in [2.24, 2.45) is 0 Å². The van der Waals surface area contributed by atoms with Gasteiger partial charge in [0.2, 0.25) is 0 Å². The van der Waals surface area contributed by atoms with Gasteiger partial charge in [0.05, 0.1) is 0 Å². The van der Waals surface area contributed by atoms with Crippen LogP contribution >= 0.6 is 0 Å². The molecule has 0 saturated heterocycles. The van der Waals surface area contributed by atoms with Crippen LogP contribution in [0.15, 0.2) is 23.0 Å². The van der Waals surface area contributed by atoms with Crippen LogP contribution in [-0.2, 0) is 0 Å². The number of anilines is 1. The van der Waals surface area contributed by atoms with Crippen molar-refractivity contribution in [2.45, 2.75) is 40.5 Å². The molecule has 2 rings (SSSR count). The van der Waals surface area contributed by atoms with Crippen molar-refractivity contribution in [3.8, 4) is 0 Å². The molecule has 3 nitrogen and oxygen atoms in total. The van der Waals surface area contributed by atoms with Crippen molar-refractivity contribution in [1.29, 1.82) is 0 Å². The fourth-order valence-corrected chi connectivity index (χ4v) is 2.89. The number of H-pyrrole nitrogens is 1. The van der Waals surface area contributed by atoms with Crippen molar-refractivity contribution in [2.75, 3.05) is 18.0 Å². The molecule has 1 aromatic carbocycles. The molecule has 0 bridgehead atoms. The molecular weight excluding hydrogens is 248 g/mol. The highest BCUT2D eigenvalue weighted by Crippen LogP contribution is 2.22. The van der Waals surface area contributed by atoms with Gasteiger partial charge in [-0.3, -0.25) is 4.79 Å². The molecule has 0 fully saturated rings. The number of rotatable bonds is 4. The summed E-state index contributed by atoms with van der Waals surface area (Å²) in [5.74, 6) is 0.236. The van der Waals surface area contributed by atoms with E-state index in [0.29, 0.717) is 0 Å². The standard InChI is InChI=1S/C17H24N2O/c1-6-19(7-2)13-8-9-15-14(10-13)17(20)16(11(3)4)12(5)18-15/h8-11H,6-7H2,1-5H3,(H,18,20). The molecule has 0 aliphatic rings. The summed E-state index contributed by atoms with van der Waals surface area (Å²) in [5.41, 5.74) is 4.09. The molecule has 1 aromatic heterocycles. The number of fused-ring (bicyclic) bond motifs is 1. The second kappa shape index (κ2) is 5.70. The van der Waals surface area contributed by atoms with E-state index < -0.39 is 0 Å². The predicted molar refractivity (Wildman–Crippen MR) is 87.0 cm³/mol. The molecule has 0 spiro atoms. The first-order chi connectivity index (χ1) is 9.49. The van der Waals surface area contributed by atoms with Gasteiger partial charge in [0.15, 0.2) is 5.43 Å². The number of aryl methyl sites for hydroxylation is 1. The zero-order chi connectivity index (χ0) is 14.9. The third-order valence-corrected chi connectivity index (χ3v) is 3.92. The monoisotopic (exact) mass is 272 g/mol. The van der Waals surface area contributed by atoms with Crippen LogP contribution in [0.3, 0.4) is 0 Å². The zero-order valence-electron chi connectivity index (χ0n) is 13.1. The molecular formula is C17H24N2O. The maximum atomic E-state index is 12.7. The zero-order valence-corrected chi connectivity index (χ0v) is 13.1. The first-order valence-electron chi connectivity index (χ1n) is 7.41. The van der Waals surface area contributed by atoms with Crippen LogP contribution in [0.5, 0.6) is 0 Å². The molecule has 0 saturated carbocycles. The van der Waals surface area contributed by atoms with Crippen molar-refractivity contribution in [3.63, 3.8) is 0 Å². The number of nitrogens with zero attached hydrogens (tertiary/aromatic N) is 1. The first-order valence-corrected chi connectivity index (χ1v) is 7.41. The minimum absolute atomic E-state index is 0.167. The van der Waals surface area contributed by atoms with Crippen molar-refractivity contribution in [1.82, 2.24) is 4.98 Å². The topological polar surface area (TPSA) is 36.1 Å². The minimum atomic E-state index is 0.167. The van der Waals surface area contributed by atoms with Gasteiger partial charge in [-0.1, -0.05) is 13.8 Å². The van der Waals surface area contributed by atoms with Crippen LogP contribution in [0, 0.1) is 6.92 Å². The molecule has 3 heteroatoms. The first kappa shape index (κ1) is 14.6. The third-order valence-electron chi connectivity index (χ3n) is 3.92. The van der Waals surface area contributed by atoms with E-state index in [4.69, 9.17) is 0 Å². The summed E-state index contributed by atoms with van der Waals surface area (Å²) in [6.07, 6.45) is 0. The lowest BCUT2D eigenvalue weighted by Crippen LogP contribution is -2.22. The van der Waals surface area contributed by atoms with Crippen molar-refractivity contribution >= 4 is 16.6 Å². The van der Waals surface area contributed by atoms with Gasteiger partial charge in [0.25, 0.3) is 0 Å². The Hall–Kier alpha value is -1.77. The van der Waals surface area contributed by atoms with Gasteiger partial charge in [-0.05, 0) is 44.9 Å². The molecule has 108 valence electrons. The fraction of sp³-hybridized carbons (Fsp3) is 0.471. The number of hydrogen-bond donors (Lipinski definition) is 1. The summed E-state index contributed by atoms with van der Waals surface area (Å²) < 4.78 is 0. The Balaban J connectivity index is 2.71. The van der Waals surface area contributed by atoms with E-state index in [2.05, 4.69) is 43.6 Å². The van der Waals surface area contributed by atoms with E-state index in [-0.39, 0.29) is 11.3 Å². The van der Waals surface area contributed by atoms with Crippen molar-refractivity contribution < 1.29 is 0 Å². The molecule has 0 amide bonds. The van der Waals surface area contributed by atoms with Gasteiger partial charge >= 0.3 is 0 Å². The quantitative estimate of drug-likeness (QED) is 0.918. The number of pyridine rings is 1. The second-order valence-electron chi connectivity index (χ2n) is 5.55. The summed E-state index contributed by atoms with van der Waals surface area (Å²) in [7, 11) is 0. The lowest BCUT2D eigenvalue weighted by atomic mass is 9.98. The number of aromatic nitrogens is 1. The summed E-state index contributed by atoms with van der Waals surface area (Å²) >= 11 is 0. The number of aromatic amines is 1. The SMILES string of the molecule is CCN(CC)c1ccc2[nH]c(C)c(C(C)C)c(=O)c2c1. The van der Waals surface area contributed by atoms with Crippen LogP contribution in [0.25, 0.3) is 10.9 Å². The van der Waals surface area contributed by atoms with Crippen molar-refractivity contribution in [3.05, 3.63) is 39.7 Å². The highest BCUT2D eigenvalue weighted by Gasteiger charge is 2.13. The predicted octanol–water partition coefficient (Wildman–Crippen LogP) is 3.81. The number of hydrogen-bond acceptors (Lipinski definition) is 2. The Kier molecular flexibility index (Phi) is 4.17. The molecule has 0 aliphatic heterocycles. The van der Waals surface area contributed by atoms with E-state index in [0.717, 1.165) is 40.9 Å². The van der Waals surface area contributed by atoms with Gasteiger partial charge in [0.1, 0.15) is 0 Å². The smallest absolute Gasteiger partial charge is 0.193 e. The van der Waals surface area contributed by atoms with Crippen LogP contribution in [-0.4, -0.2) is 18.1 Å². The van der Waals surface area contributed by atoms with E-state index in [1.807, 2.05) is 19.1 Å². The molecule has 20 heavy (non-hydrogen) atoms. The maximum Gasteiger partial charge on any atom is 0.193 e. The lowest BCUT2D eigenvalue weighted by Gasteiger charge is -2.21. The highest BCUT2D eigenvalue weighted by atomic mass is 16.1. The van der Waals surface area contributed by atoms with E-state index >= 15 is 0 Å². The molecule has 0 atom stereocenters.